The number of anilines is 1. The van der Waals surface area contributed by atoms with Crippen LogP contribution in [-0.2, 0) is 16.0 Å². The third-order valence-electron chi connectivity index (χ3n) is 5.65. The van der Waals surface area contributed by atoms with Gasteiger partial charge in [-0.1, -0.05) is 12.1 Å². The molecule has 0 saturated carbocycles. The molecule has 6 nitrogen and oxygen atoms in total. The Morgan fingerprint density at radius 1 is 1.18 bits per heavy atom. The Hall–Kier alpha value is -1.79. The molecule has 0 aromatic heterocycles. The fourth-order valence-corrected chi connectivity index (χ4v) is 3.84. The number of likely N-dealkylation sites (tertiary alicyclic amines) is 1. The van der Waals surface area contributed by atoms with Crippen molar-refractivity contribution in [3.05, 3.63) is 29.8 Å². The van der Waals surface area contributed by atoms with E-state index in [0.29, 0.717) is 12.2 Å². The fraction of sp³-hybridized carbons (Fsp3) is 0.682. The molecular formula is C22H36N4O2. The van der Waals surface area contributed by atoms with E-state index in [2.05, 4.69) is 58.5 Å². The van der Waals surface area contributed by atoms with Crippen molar-refractivity contribution in [3.63, 3.8) is 0 Å². The van der Waals surface area contributed by atoms with Gasteiger partial charge < -0.3 is 24.6 Å². The maximum absolute atomic E-state index is 6.13. The molecule has 1 unspecified atom stereocenters. The first-order valence-corrected chi connectivity index (χ1v) is 10.6. The van der Waals surface area contributed by atoms with Crippen molar-refractivity contribution in [1.82, 2.24) is 10.2 Å². The van der Waals surface area contributed by atoms with Crippen molar-refractivity contribution < 1.29 is 9.47 Å². The van der Waals surface area contributed by atoms with E-state index in [1.54, 1.807) is 0 Å². The van der Waals surface area contributed by atoms with Crippen LogP contribution in [0.2, 0.25) is 0 Å². The topological polar surface area (TPSA) is 49.3 Å². The van der Waals surface area contributed by atoms with Crippen molar-refractivity contribution in [1.29, 1.82) is 0 Å². The molecule has 2 aliphatic rings. The first kappa shape index (κ1) is 20.9. The number of ether oxygens (including phenoxy) is 2. The van der Waals surface area contributed by atoms with Gasteiger partial charge in [0, 0.05) is 53.1 Å². The first-order chi connectivity index (χ1) is 13.7. The highest BCUT2D eigenvalue weighted by molar-refractivity contribution is 5.80. The number of hydrogen-bond donors (Lipinski definition) is 1. The van der Waals surface area contributed by atoms with Gasteiger partial charge in [-0.15, -0.1) is 0 Å². The predicted molar refractivity (Wildman–Crippen MR) is 115 cm³/mol. The van der Waals surface area contributed by atoms with E-state index in [9.17, 15) is 0 Å². The summed E-state index contributed by atoms with van der Waals surface area (Å²) in [6.07, 6.45) is 6.35. The van der Waals surface area contributed by atoms with Crippen LogP contribution in [0.4, 0.5) is 5.69 Å². The average Bonchev–Trinajstić information content (AvgIpc) is 2.74. The second-order valence-corrected chi connectivity index (χ2v) is 7.97. The van der Waals surface area contributed by atoms with E-state index in [4.69, 9.17) is 9.47 Å². The highest BCUT2D eigenvalue weighted by Gasteiger charge is 2.23. The summed E-state index contributed by atoms with van der Waals surface area (Å²) < 4.78 is 11.9. The van der Waals surface area contributed by atoms with Crippen LogP contribution in [0.1, 0.15) is 37.7 Å². The lowest BCUT2D eigenvalue weighted by atomic mass is 10.1. The molecule has 2 aliphatic heterocycles. The monoisotopic (exact) mass is 388 g/mol. The van der Waals surface area contributed by atoms with Gasteiger partial charge in [0.2, 0.25) is 0 Å². The molecule has 3 rings (SSSR count). The van der Waals surface area contributed by atoms with Crippen LogP contribution in [0.3, 0.4) is 0 Å². The van der Waals surface area contributed by atoms with Crippen LogP contribution < -0.4 is 10.2 Å². The van der Waals surface area contributed by atoms with Gasteiger partial charge in [-0.2, -0.15) is 0 Å². The molecule has 0 spiro atoms. The number of nitrogens with zero attached hydrogens (tertiary/aromatic N) is 3. The van der Waals surface area contributed by atoms with Gasteiger partial charge in [-0.25, -0.2) is 0 Å². The summed E-state index contributed by atoms with van der Waals surface area (Å²) in [5.41, 5.74) is 2.48. The third kappa shape index (κ3) is 6.11. The molecule has 28 heavy (non-hydrogen) atoms. The minimum Gasteiger partial charge on any atom is -0.378 e. The lowest BCUT2D eigenvalue weighted by Gasteiger charge is -2.35. The van der Waals surface area contributed by atoms with Crippen LogP contribution in [0.5, 0.6) is 0 Å². The normalized spacial score (nSPS) is 21.6. The maximum atomic E-state index is 6.13. The zero-order valence-corrected chi connectivity index (χ0v) is 17.7. The lowest BCUT2D eigenvalue weighted by Crippen LogP contribution is -2.47. The summed E-state index contributed by atoms with van der Waals surface area (Å²) in [6.45, 7) is 4.40. The molecule has 1 atom stereocenters. The standard InChI is InChI=1S/C22H36N4O2/c1-23-22(24-16-18-7-9-19(10-8-18)25(2)3)26-13-11-20(12-14-26)28-17-21-6-4-5-15-27-21/h7-10,20-21H,4-6,11-17H2,1-3H3,(H,23,24). The van der Waals surface area contributed by atoms with Crippen molar-refractivity contribution in [2.75, 3.05) is 52.3 Å². The zero-order valence-electron chi connectivity index (χ0n) is 17.7. The van der Waals surface area contributed by atoms with E-state index in [1.807, 2.05) is 7.05 Å². The van der Waals surface area contributed by atoms with Crippen molar-refractivity contribution in [2.24, 2.45) is 4.99 Å². The van der Waals surface area contributed by atoms with E-state index >= 15 is 0 Å². The Labute approximate surface area is 169 Å². The van der Waals surface area contributed by atoms with Gasteiger partial charge >= 0.3 is 0 Å². The largest absolute Gasteiger partial charge is 0.378 e. The van der Waals surface area contributed by atoms with Gasteiger partial charge in [0.1, 0.15) is 0 Å². The zero-order chi connectivity index (χ0) is 19.8. The predicted octanol–water partition coefficient (Wildman–Crippen LogP) is 2.88. The number of benzene rings is 1. The van der Waals surface area contributed by atoms with Gasteiger partial charge in [-0.3, -0.25) is 4.99 Å². The van der Waals surface area contributed by atoms with Crippen LogP contribution in [-0.4, -0.2) is 70.5 Å². The summed E-state index contributed by atoms with van der Waals surface area (Å²) in [7, 11) is 5.98. The molecule has 0 bridgehead atoms. The summed E-state index contributed by atoms with van der Waals surface area (Å²) in [5.74, 6) is 0.978. The molecule has 1 N–H and O–H groups in total. The fourth-order valence-electron chi connectivity index (χ4n) is 3.84. The summed E-state index contributed by atoms with van der Waals surface area (Å²) in [4.78, 5) is 8.93. The molecule has 156 valence electrons. The highest BCUT2D eigenvalue weighted by Crippen LogP contribution is 2.18. The third-order valence-corrected chi connectivity index (χ3v) is 5.65. The smallest absolute Gasteiger partial charge is 0.193 e. The summed E-state index contributed by atoms with van der Waals surface area (Å²) in [5, 5.41) is 3.50. The van der Waals surface area contributed by atoms with Crippen LogP contribution in [0.25, 0.3) is 0 Å². The second kappa shape index (κ2) is 10.7. The molecule has 2 fully saturated rings. The molecule has 0 amide bonds. The van der Waals surface area contributed by atoms with E-state index in [0.717, 1.165) is 58.1 Å². The number of nitrogens with one attached hydrogen (secondary N) is 1. The number of piperidine rings is 1. The average molecular weight is 389 g/mol. The SMILES string of the molecule is CN=C(NCc1ccc(N(C)C)cc1)N1CCC(OCC2CCCCO2)CC1. The molecule has 0 radical (unpaired) electrons. The van der Waals surface area contributed by atoms with Crippen molar-refractivity contribution >= 4 is 11.6 Å². The number of guanidine groups is 1. The van der Waals surface area contributed by atoms with Crippen LogP contribution in [0.15, 0.2) is 29.3 Å². The van der Waals surface area contributed by atoms with Gasteiger partial charge in [0.25, 0.3) is 0 Å². The summed E-state index contributed by atoms with van der Waals surface area (Å²) >= 11 is 0. The number of hydrogen-bond acceptors (Lipinski definition) is 4. The molecule has 2 saturated heterocycles. The van der Waals surface area contributed by atoms with Crippen LogP contribution in [0, 0.1) is 0 Å². The van der Waals surface area contributed by atoms with Crippen molar-refractivity contribution in [3.8, 4) is 0 Å². The highest BCUT2D eigenvalue weighted by atomic mass is 16.5. The Morgan fingerprint density at radius 3 is 2.54 bits per heavy atom. The van der Waals surface area contributed by atoms with Crippen molar-refractivity contribution in [2.45, 2.75) is 50.9 Å². The Kier molecular flexibility index (Phi) is 7.98. The van der Waals surface area contributed by atoms with E-state index < -0.39 is 0 Å². The molecule has 1 aromatic rings. The van der Waals surface area contributed by atoms with Crippen LogP contribution >= 0.6 is 0 Å². The Morgan fingerprint density at radius 2 is 1.93 bits per heavy atom. The Bertz CT molecular complexity index is 603. The Balaban J connectivity index is 1.39. The molecule has 0 aliphatic carbocycles. The lowest BCUT2D eigenvalue weighted by molar-refractivity contribution is -0.0721. The maximum Gasteiger partial charge on any atom is 0.193 e. The molecule has 6 heteroatoms. The number of aliphatic imine (C=N–C) groups is 1. The van der Waals surface area contributed by atoms with Gasteiger partial charge in [0.15, 0.2) is 5.96 Å². The molecule has 2 heterocycles. The number of rotatable bonds is 6. The molecular weight excluding hydrogens is 352 g/mol. The van der Waals surface area contributed by atoms with Gasteiger partial charge in [0.05, 0.1) is 18.8 Å². The quantitative estimate of drug-likeness (QED) is 0.600. The summed E-state index contributed by atoms with van der Waals surface area (Å²) in [6, 6.07) is 8.64. The minimum atomic E-state index is 0.306. The minimum absolute atomic E-state index is 0.306. The van der Waals surface area contributed by atoms with E-state index in [-0.39, 0.29) is 0 Å². The van der Waals surface area contributed by atoms with Gasteiger partial charge in [-0.05, 0) is 49.8 Å². The molecule has 1 aromatic carbocycles. The van der Waals surface area contributed by atoms with E-state index in [1.165, 1.54) is 24.1 Å². The second-order valence-electron chi connectivity index (χ2n) is 7.97. The first-order valence-electron chi connectivity index (χ1n) is 10.6.